The second kappa shape index (κ2) is 4.80. The maximum Gasteiger partial charge on any atom is 0.221 e. The van der Waals surface area contributed by atoms with Gasteiger partial charge in [-0.2, -0.15) is 0 Å². The molecule has 82 valence electrons. The molecule has 1 aromatic carbocycles. The Morgan fingerprint density at radius 1 is 1.25 bits per heavy atom. The van der Waals surface area contributed by atoms with Gasteiger partial charge in [-0.05, 0) is 24.3 Å². The normalized spacial score (nSPS) is 10.4. The molecule has 16 heavy (non-hydrogen) atoms. The van der Waals surface area contributed by atoms with Crippen LogP contribution in [0.5, 0.6) is 0 Å². The number of hydrogen-bond donors (Lipinski definition) is 1. The van der Waals surface area contributed by atoms with Gasteiger partial charge in [0.2, 0.25) is 5.95 Å². The average molecular weight is 300 g/mol. The number of nitrogens with two attached hydrogens (primary N) is 1. The van der Waals surface area contributed by atoms with Crippen LogP contribution in [-0.4, -0.2) is 9.97 Å². The molecule has 0 saturated heterocycles. The Morgan fingerprint density at radius 2 is 1.94 bits per heavy atom. The minimum atomic E-state index is -0.470. The Morgan fingerprint density at radius 3 is 2.62 bits per heavy atom. The highest BCUT2D eigenvalue weighted by Gasteiger charge is 2.07. The number of nitrogens with zero attached hydrogens (tertiary/aromatic N) is 2. The second-order valence-corrected chi connectivity index (χ2v) is 4.92. The third-order valence-corrected chi connectivity index (χ3v) is 3.27. The number of halogens is 2. The zero-order valence-electron chi connectivity index (χ0n) is 8.02. The van der Waals surface area contributed by atoms with Gasteiger partial charge < -0.3 is 5.73 Å². The molecule has 6 heteroatoms. The predicted octanol–water partition coefficient (Wildman–Crippen LogP) is 3.11. The summed E-state index contributed by atoms with van der Waals surface area (Å²) in [5, 5.41) is 0.231. The summed E-state index contributed by atoms with van der Waals surface area (Å²) >= 11 is 4.54. The van der Waals surface area contributed by atoms with Gasteiger partial charge in [-0.15, -0.1) is 0 Å². The van der Waals surface area contributed by atoms with Gasteiger partial charge in [0, 0.05) is 9.37 Å². The lowest BCUT2D eigenvalue weighted by molar-refractivity contribution is 0.580. The van der Waals surface area contributed by atoms with E-state index in [0.717, 1.165) is 15.6 Å². The minimum absolute atomic E-state index is 0.0704. The Kier molecular flexibility index (Phi) is 3.40. The molecule has 0 amide bonds. The molecule has 0 aliphatic carbocycles. The number of hydrogen-bond acceptors (Lipinski definition) is 4. The third-order valence-electron chi connectivity index (χ3n) is 1.76. The van der Waals surface area contributed by atoms with Crippen LogP contribution >= 0.6 is 27.7 Å². The largest absolute Gasteiger partial charge is 0.368 e. The molecule has 0 spiro atoms. The van der Waals surface area contributed by atoms with E-state index in [4.69, 9.17) is 5.73 Å². The van der Waals surface area contributed by atoms with Gasteiger partial charge >= 0.3 is 0 Å². The molecule has 0 radical (unpaired) electrons. The second-order valence-electron chi connectivity index (χ2n) is 2.94. The molecule has 0 aliphatic heterocycles. The quantitative estimate of drug-likeness (QED) is 0.866. The first-order valence-corrected chi connectivity index (χ1v) is 5.97. The molecule has 2 aromatic rings. The van der Waals surface area contributed by atoms with Crippen LogP contribution in [0, 0.1) is 5.82 Å². The van der Waals surface area contributed by atoms with Crippen molar-refractivity contribution in [3.8, 4) is 0 Å². The highest BCUT2D eigenvalue weighted by atomic mass is 79.9. The standard InChI is InChI=1S/C10H7BrFN3S/c11-6-1-3-7(4-2-6)16-9-8(12)5-14-10(13)15-9/h1-5H,(H2,13,14,15). The molecule has 0 saturated carbocycles. The van der Waals surface area contributed by atoms with Gasteiger partial charge in [-0.3, -0.25) is 0 Å². The summed E-state index contributed by atoms with van der Waals surface area (Å²) in [7, 11) is 0. The predicted molar refractivity (Wildman–Crippen MR) is 64.7 cm³/mol. The monoisotopic (exact) mass is 299 g/mol. The SMILES string of the molecule is Nc1ncc(F)c(Sc2ccc(Br)cc2)n1. The van der Waals surface area contributed by atoms with Crippen LogP contribution in [0.4, 0.5) is 10.3 Å². The van der Waals surface area contributed by atoms with E-state index < -0.39 is 5.82 Å². The Bertz CT molecular complexity index is 504. The van der Waals surface area contributed by atoms with E-state index in [1.165, 1.54) is 11.8 Å². The van der Waals surface area contributed by atoms with Crippen LogP contribution in [0.1, 0.15) is 0 Å². The highest BCUT2D eigenvalue weighted by Crippen LogP contribution is 2.28. The van der Waals surface area contributed by atoms with Crippen molar-refractivity contribution < 1.29 is 4.39 Å². The highest BCUT2D eigenvalue weighted by molar-refractivity contribution is 9.10. The molecule has 1 heterocycles. The van der Waals surface area contributed by atoms with Crippen LogP contribution in [0.25, 0.3) is 0 Å². The summed E-state index contributed by atoms with van der Waals surface area (Å²) in [6.07, 6.45) is 1.07. The Balaban J connectivity index is 2.26. The van der Waals surface area contributed by atoms with Crippen molar-refractivity contribution in [2.45, 2.75) is 9.92 Å². The molecular weight excluding hydrogens is 293 g/mol. The fourth-order valence-electron chi connectivity index (χ4n) is 1.05. The topological polar surface area (TPSA) is 51.8 Å². The Hall–Kier alpha value is -1.14. The number of aromatic nitrogens is 2. The first-order valence-electron chi connectivity index (χ1n) is 4.36. The van der Waals surface area contributed by atoms with Gasteiger partial charge in [0.15, 0.2) is 5.82 Å². The van der Waals surface area contributed by atoms with Crippen LogP contribution in [0.3, 0.4) is 0 Å². The van der Waals surface area contributed by atoms with Crippen molar-refractivity contribution in [1.82, 2.24) is 9.97 Å². The van der Waals surface area contributed by atoms with Gasteiger partial charge in [0.25, 0.3) is 0 Å². The van der Waals surface area contributed by atoms with Gasteiger partial charge in [0.05, 0.1) is 6.20 Å². The van der Waals surface area contributed by atoms with Crippen molar-refractivity contribution in [3.05, 3.63) is 40.8 Å². The molecule has 1 aromatic heterocycles. The van der Waals surface area contributed by atoms with E-state index in [1.54, 1.807) is 0 Å². The van der Waals surface area contributed by atoms with E-state index >= 15 is 0 Å². The molecule has 0 aliphatic rings. The molecule has 3 nitrogen and oxygen atoms in total. The van der Waals surface area contributed by atoms with E-state index in [2.05, 4.69) is 25.9 Å². The lowest BCUT2D eigenvalue weighted by atomic mass is 10.4. The van der Waals surface area contributed by atoms with Crippen molar-refractivity contribution in [2.75, 3.05) is 5.73 Å². The number of benzene rings is 1. The Labute approximate surface area is 104 Å². The molecule has 0 atom stereocenters. The maximum atomic E-state index is 13.3. The minimum Gasteiger partial charge on any atom is -0.368 e. The lowest BCUT2D eigenvalue weighted by Gasteiger charge is -2.02. The summed E-state index contributed by atoms with van der Waals surface area (Å²) in [6.45, 7) is 0. The summed E-state index contributed by atoms with van der Waals surface area (Å²) in [6, 6.07) is 7.49. The first kappa shape index (κ1) is 11.3. The smallest absolute Gasteiger partial charge is 0.221 e. The fourth-order valence-corrected chi connectivity index (χ4v) is 2.10. The fraction of sp³-hybridized carbons (Fsp3) is 0. The molecule has 0 fully saturated rings. The van der Waals surface area contributed by atoms with E-state index in [9.17, 15) is 4.39 Å². The van der Waals surface area contributed by atoms with Crippen LogP contribution in [0.15, 0.2) is 44.9 Å². The molecular formula is C10H7BrFN3S. The van der Waals surface area contributed by atoms with Crippen LogP contribution in [0.2, 0.25) is 0 Å². The molecule has 0 unspecified atom stereocenters. The van der Waals surface area contributed by atoms with E-state index in [-0.39, 0.29) is 11.0 Å². The lowest BCUT2D eigenvalue weighted by Crippen LogP contribution is -1.97. The molecule has 2 N–H and O–H groups in total. The number of rotatable bonds is 2. The van der Waals surface area contributed by atoms with E-state index in [1.807, 2.05) is 24.3 Å². The summed E-state index contributed by atoms with van der Waals surface area (Å²) in [4.78, 5) is 8.29. The number of nitrogen functional groups attached to an aromatic ring is 1. The third kappa shape index (κ3) is 2.70. The summed E-state index contributed by atoms with van der Waals surface area (Å²) in [5.74, 6) is -0.400. The van der Waals surface area contributed by atoms with Gasteiger partial charge in [-0.25, -0.2) is 14.4 Å². The van der Waals surface area contributed by atoms with Crippen molar-refractivity contribution in [1.29, 1.82) is 0 Å². The van der Waals surface area contributed by atoms with Gasteiger partial charge in [0.1, 0.15) is 5.03 Å². The van der Waals surface area contributed by atoms with E-state index in [0.29, 0.717) is 0 Å². The zero-order chi connectivity index (χ0) is 11.5. The first-order chi connectivity index (χ1) is 7.65. The van der Waals surface area contributed by atoms with Crippen molar-refractivity contribution >= 4 is 33.6 Å². The van der Waals surface area contributed by atoms with Crippen molar-refractivity contribution in [2.24, 2.45) is 0 Å². The summed E-state index contributed by atoms with van der Waals surface area (Å²) in [5.41, 5.74) is 5.40. The number of anilines is 1. The van der Waals surface area contributed by atoms with Crippen LogP contribution in [-0.2, 0) is 0 Å². The van der Waals surface area contributed by atoms with Crippen molar-refractivity contribution in [3.63, 3.8) is 0 Å². The van der Waals surface area contributed by atoms with Gasteiger partial charge in [-0.1, -0.05) is 27.7 Å². The molecule has 2 rings (SSSR count). The molecule has 0 bridgehead atoms. The van der Waals surface area contributed by atoms with Crippen LogP contribution < -0.4 is 5.73 Å². The average Bonchev–Trinajstić information content (AvgIpc) is 2.27. The zero-order valence-corrected chi connectivity index (χ0v) is 10.4. The maximum absolute atomic E-state index is 13.3. The summed E-state index contributed by atoms with van der Waals surface area (Å²) < 4.78 is 14.3.